The summed E-state index contributed by atoms with van der Waals surface area (Å²) < 4.78 is 26.8. The van der Waals surface area contributed by atoms with Crippen LogP contribution in [0.25, 0.3) is 11.2 Å². The zero-order chi connectivity index (χ0) is 31.0. The maximum absolute atomic E-state index is 14.8. The highest BCUT2D eigenvalue weighted by Crippen LogP contribution is 2.33. The zero-order valence-electron chi connectivity index (χ0n) is 24.5. The van der Waals surface area contributed by atoms with Crippen molar-refractivity contribution in [1.82, 2.24) is 24.5 Å². The molecule has 1 amide bonds. The number of nitrogens with zero attached hydrogens (tertiary/aromatic N) is 4. The van der Waals surface area contributed by atoms with Crippen molar-refractivity contribution in [3.63, 3.8) is 0 Å². The number of amides is 1. The number of pyridine rings is 1. The summed E-state index contributed by atoms with van der Waals surface area (Å²) in [4.78, 5) is 54.7. The van der Waals surface area contributed by atoms with Gasteiger partial charge in [-0.2, -0.15) is 4.98 Å². The third-order valence-electron chi connectivity index (χ3n) is 7.96. The Hall–Kier alpha value is -5.26. The number of aromatic nitrogens is 5. The average Bonchev–Trinajstić information content (AvgIpc) is 3.76. The van der Waals surface area contributed by atoms with Crippen LogP contribution in [-0.2, 0) is 13.0 Å². The molecule has 3 aromatic heterocycles. The zero-order valence-corrected chi connectivity index (χ0v) is 24.5. The number of rotatable bonds is 10. The number of ether oxygens (including phenoxy) is 2. The van der Waals surface area contributed by atoms with Crippen LogP contribution in [0.3, 0.4) is 0 Å². The Balaban J connectivity index is 1.37. The van der Waals surface area contributed by atoms with Crippen molar-refractivity contribution >= 4 is 22.8 Å². The Bertz CT molecular complexity index is 1960. The molecule has 1 aliphatic rings. The van der Waals surface area contributed by atoms with Crippen molar-refractivity contribution < 1.29 is 18.7 Å². The van der Waals surface area contributed by atoms with Gasteiger partial charge in [0.15, 0.2) is 5.65 Å². The van der Waals surface area contributed by atoms with E-state index in [-0.39, 0.29) is 40.8 Å². The second-order valence-electron chi connectivity index (χ2n) is 10.8. The average molecular weight is 599 g/mol. The van der Waals surface area contributed by atoms with E-state index in [0.29, 0.717) is 35.4 Å². The fourth-order valence-electron chi connectivity index (χ4n) is 5.29. The molecular formula is C32H31FN6O5. The first-order valence-corrected chi connectivity index (χ1v) is 14.2. The summed E-state index contributed by atoms with van der Waals surface area (Å²) in [6.07, 6.45) is 2.27. The van der Waals surface area contributed by atoms with E-state index in [4.69, 9.17) is 14.5 Å². The summed E-state index contributed by atoms with van der Waals surface area (Å²) in [5, 5.41) is 0. The lowest BCUT2D eigenvalue weighted by atomic mass is 9.91. The number of carbonyl (C=O) groups is 1. The van der Waals surface area contributed by atoms with Crippen molar-refractivity contribution in [3.05, 3.63) is 110 Å². The molecule has 44 heavy (non-hydrogen) atoms. The van der Waals surface area contributed by atoms with E-state index in [1.165, 1.54) is 29.8 Å². The van der Waals surface area contributed by atoms with Crippen LogP contribution >= 0.6 is 0 Å². The molecule has 0 radical (unpaired) electrons. The maximum atomic E-state index is 14.8. The fourth-order valence-corrected chi connectivity index (χ4v) is 5.29. The molecule has 3 heterocycles. The Morgan fingerprint density at radius 3 is 2.45 bits per heavy atom. The van der Waals surface area contributed by atoms with Gasteiger partial charge in [0, 0.05) is 31.3 Å². The number of fused-ring (bicyclic) bond motifs is 1. The monoisotopic (exact) mass is 598 g/mol. The number of halogens is 1. The lowest BCUT2D eigenvalue weighted by molar-refractivity contribution is 0.0989. The minimum Gasteiger partial charge on any atom is -0.481 e. The standard InChI is InChI=1S/C32H31FN6O5/c1-38(31(41)22-14-15-25(43-2)34-30(22)44-3)21-12-10-19(11-13-21)23(16-20-6-4-5-7-24(20)33)27-35-26-28(36-27)39(17-18-8-9-18)32(42)37-29(26)40/h4-7,10-15,18,23H,8-9,16-17H2,1-3H3,(H,35,36)(H,37,40,42). The molecule has 0 bridgehead atoms. The second-order valence-corrected chi connectivity index (χ2v) is 10.8. The van der Waals surface area contributed by atoms with E-state index in [1.54, 1.807) is 49.5 Å². The van der Waals surface area contributed by atoms with E-state index in [0.717, 1.165) is 18.4 Å². The molecule has 0 saturated heterocycles. The molecular weight excluding hydrogens is 567 g/mol. The van der Waals surface area contributed by atoms with Gasteiger partial charge in [-0.3, -0.25) is 19.1 Å². The number of nitrogens with one attached hydrogen (secondary N) is 2. The molecule has 2 aromatic carbocycles. The minimum absolute atomic E-state index is 0.141. The van der Waals surface area contributed by atoms with Crippen molar-refractivity contribution in [2.75, 3.05) is 26.2 Å². The van der Waals surface area contributed by atoms with E-state index < -0.39 is 17.2 Å². The van der Waals surface area contributed by atoms with Crippen LogP contribution in [-0.4, -0.2) is 51.7 Å². The van der Waals surface area contributed by atoms with Gasteiger partial charge in [0.2, 0.25) is 11.8 Å². The highest BCUT2D eigenvalue weighted by Gasteiger charge is 2.27. The molecule has 1 atom stereocenters. The Morgan fingerprint density at radius 1 is 1.02 bits per heavy atom. The molecule has 2 N–H and O–H groups in total. The molecule has 1 unspecified atom stereocenters. The first-order valence-electron chi connectivity index (χ1n) is 14.2. The number of benzene rings is 2. The molecule has 11 nitrogen and oxygen atoms in total. The maximum Gasteiger partial charge on any atom is 0.330 e. The largest absolute Gasteiger partial charge is 0.481 e. The lowest BCUT2D eigenvalue weighted by Gasteiger charge is -2.21. The number of methoxy groups -OCH3 is 2. The van der Waals surface area contributed by atoms with Gasteiger partial charge >= 0.3 is 5.69 Å². The van der Waals surface area contributed by atoms with E-state index >= 15 is 0 Å². The molecule has 1 saturated carbocycles. The summed E-state index contributed by atoms with van der Waals surface area (Å²) in [5.41, 5.74) is 1.53. The SMILES string of the molecule is COc1ccc(C(=O)N(C)c2ccc(C(Cc3ccccc3F)c3nc4c([nH]3)c(=O)[nH]c(=O)n4CC3CC3)cc2)c(OC)n1. The van der Waals surface area contributed by atoms with E-state index in [9.17, 15) is 18.8 Å². The molecule has 0 spiro atoms. The number of aromatic amines is 2. The molecule has 1 fully saturated rings. The normalized spacial score (nSPS) is 13.5. The minimum atomic E-state index is -0.556. The van der Waals surface area contributed by atoms with E-state index in [2.05, 4.69) is 15.0 Å². The number of carbonyl (C=O) groups excluding carboxylic acids is 1. The number of imidazole rings is 1. The first-order chi connectivity index (χ1) is 21.3. The molecule has 1 aliphatic carbocycles. The van der Waals surface area contributed by atoms with Crippen LogP contribution < -0.4 is 25.6 Å². The van der Waals surface area contributed by atoms with Gasteiger partial charge in [0.1, 0.15) is 22.7 Å². The van der Waals surface area contributed by atoms with Gasteiger partial charge in [0.05, 0.1) is 14.2 Å². The third-order valence-corrected chi connectivity index (χ3v) is 7.96. The number of hydrogen-bond donors (Lipinski definition) is 2. The van der Waals surface area contributed by atoms with Crippen LogP contribution in [0.4, 0.5) is 10.1 Å². The topological polar surface area (TPSA) is 135 Å². The summed E-state index contributed by atoms with van der Waals surface area (Å²) in [7, 11) is 4.55. The van der Waals surface area contributed by atoms with Crippen LogP contribution in [0.1, 0.15) is 46.1 Å². The molecule has 6 rings (SSSR count). The smallest absolute Gasteiger partial charge is 0.330 e. The molecule has 226 valence electrons. The van der Waals surface area contributed by atoms with Gasteiger partial charge in [0.25, 0.3) is 11.5 Å². The number of H-pyrrole nitrogens is 2. The van der Waals surface area contributed by atoms with Crippen molar-refractivity contribution in [3.8, 4) is 11.8 Å². The van der Waals surface area contributed by atoms with E-state index in [1.807, 2.05) is 12.1 Å². The number of anilines is 1. The summed E-state index contributed by atoms with van der Waals surface area (Å²) >= 11 is 0. The van der Waals surface area contributed by atoms with Crippen LogP contribution in [0, 0.1) is 11.7 Å². The van der Waals surface area contributed by atoms with Gasteiger partial charge in [-0.05, 0) is 60.6 Å². The Kier molecular flexibility index (Phi) is 7.73. The Labute approximate surface area is 251 Å². The quantitative estimate of drug-likeness (QED) is 0.248. The predicted octanol–water partition coefficient (Wildman–Crippen LogP) is 4.03. The van der Waals surface area contributed by atoms with Gasteiger partial charge in [-0.25, -0.2) is 14.2 Å². The Morgan fingerprint density at radius 2 is 1.77 bits per heavy atom. The highest BCUT2D eigenvalue weighted by molar-refractivity contribution is 6.07. The predicted molar refractivity (Wildman–Crippen MR) is 162 cm³/mol. The molecule has 5 aromatic rings. The summed E-state index contributed by atoms with van der Waals surface area (Å²) in [6.45, 7) is 0.470. The van der Waals surface area contributed by atoms with Crippen LogP contribution in [0.15, 0.2) is 70.3 Å². The van der Waals surface area contributed by atoms with Crippen LogP contribution in [0.2, 0.25) is 0 Å². The lowest BCUT2D eigenvalue weighted by Crippen LogP contribution is -2.30. The fraction of sp³-hybridized carbons (Fsp3) is 0.281. The highest BCUT2D eigenvalue weighted by atomic mass is 19.1. The van der Waals surface area contributed by atoms with Crippen molar-refractivity contribution in [2.24, 2.45) is 5.92 Å². The summed E-state index contributed by atoms with van der Waals surface area (Å²) in [6, 6.07) is 16.9. The second kappa shape index (κ2) is 11.8. The third kappa shape index (κ3) is 5.58. The van der Waals surface area contributed by atoms with Gasteiger partial charge in [-0.15, -0.1) is 0 Å². The van der Waals surface area contributed by atoms with Gasteiger partial charge < -0.3 is 19.4 Å². The number of hydrogen-bond acceptors (Lipinski definition) is 7. The summed E-state index contributed by atoms with van der Waals surface area (Å²) in [5.74, 6) is 0.0708. The van der Waals surface area contributed by atoms with Crippen molar-refractivity contribution in [1.29, 1.82) is 0 Å². The van der Waals surface area contributed by atoms with Crippen molar-refractivity contribution in [2.45, 2.75) is 31.7 Å². The van der Waals surface area contributed by atoms with Crippen LogP contribution in [0.5, 0.6) is 11.8 Å². The molecule has 12 heteroatoms. The van der Waals surface area contributed by atoms with Gasteiger partial charge in [-0.1, -0.05) is 30.3 Å². The molecule has 0 aliphatic heterocycles. The first kappa shape index (κ1) is 28.8.